The first-order valence-corrected chi connectivity index (χ1v) is 10.1. The number of hydrogen-bond donors (Lipinski definition) is 0. The zero-order valence-corrected chi connectivity index (χ0v) is 16.1. The minimum absolute atomic E-state index is 0.675. The highest BCUT2D eigenvalue weighted by molar-refractivity contribution is 5.63. The van der Waals surface area contributed by atoms with Crippen LogP contribution in [0.2, 0.25) is 0 Å². The summed E-state index contributed by atoms with van der Waals surface area (Å²) in [5.41, 5.74) is 5.26. The molecule has 2 aromatic rings. The van der Waals surface area contributed by atoms with Gasteiger partial charge in [0, 0.05) is 7.11 Å². The molecule has 0 saturated heterocycles. The molecule has 1 aliphatic carbocycles. The van der Waals surface area contributed by atoms with E-state index in [1.165, 1.54) is 67.2 Å². The van der Waals surface area contributed by atoms with E-state index in [-0.39, 0.29) is 0 Å². The number of ether oxygens (including phenoxy) is 1. The number of methoxy groups -OCH3 is 1. The topological polar surface area (TPSA) is 9.23 Å². The Kier molecular flexibility index (Phi) is 7.08. The lowest BCUT2D eigenvalue weighted by Gasteiger charge is -2.27. The largest absolute Gasteiger partial charge is 0.380 e. The molecule has 0 spiro atoms. The summed E-state index contributed by atoms with van der Waals surface area (Å²) in [5.74, 6) is 1.82. The predicted molar refractivity (Wildman–Crippen MR) is 111 cm³/mol. The van der Waals surface area contributed by atoms with E-state index in [1.807, 2.05) is 0 Å². The molecule has 0 amide bonds. The standard InChI is InChI=1S/C25H32O/c1-3-4-20-5-7-21(8-6-20)9-10-22-11-15-24(16-12-22)25-17-13-23(14-18-25)19-26-2/h3,11-18,20-21H,1,4-10,19H2,2H3. The normalized spacial score (nSPS) is 20.0. The van der Waals surface area contributed by atoms with Crippen LogP contribution in [0, 0.1) is 11.8 Å². The van der Waals surface area contributed by atoms with E-state index in [1.54, 1.807) is 7.11 Å². The SMILES string of the molecule is C=CCC1CCC(CCc2ccc(-c3ccc(COC)cc3)cc2)CC1. The third-order valence-corrected chi connectivity index (χ3v) is 5.86. The molecule has 2 aromatic carbocycles. The first-order chi connectivity index (χ1) is 12.8. The van der Waals surface area contributed by atoms with Crippen LogP contribution in [0.5, 0.6) is 0 Å². The predicted octanol–water partition coefficient (Wildman–Crippen LogP) is 6.82. The van der Waals surface area contributed by atoms with Crippen LogP contribution in [0.4, 0.5) is 0 Å². The van der Waals surface area contributed by atoms with Crippen LogP contribution < -0.4 is 0 Å². The maximum Gasteiger partial charge on any atom is 0.0713 e. The van der Waals surface area contributed by atoms with Gasteiger partial charge in [-0.1, -0.05) is 67.4 Å². The molecule has 1 heteroatoms. The zero-order valence-electron chi connectivity index (χ0n) is 16.1. The van der Waals surface area contributed by atoms with E-state index in [0.29, 0.717) is 6.61 Å². The van der Waals surface area contributed by atoms with Gasteiger partial charge < -0.3 is 4.74 Å². The molecule has 0 atom stereocenters. The van der Waals surface area contributed by atoms with Crippen molar-refractivity contribution in [3.63, 3.8) is 0 Å². The van der Waals surface area contributed by atoms with Crippen molar-refractivity contribution in [1.82, 2.24) is 0 Å². The summed E-state index contributed by atoms with van der Waals surface area (Å²) < 4.78 is 5.18. The number of allylic oxidation sites excluding steroid dienone is 1. The maximum atomic E-state index is 5.18. The van der Waals surface area contributed by atoms with Gasteiger partial charge in [0.2, 0.25) is 0 Å². The van der Waals surface area contributed by atoms with Gasteiger partial charge in [-0.15, -0.1) is 6.58 Å². The third kappa shape index (κ3) is 5.32. The van der Waals surface area contributed by atoms with Crippen molar-refractivity contribution in [2.45, 2.75) is 51.6 Å². The number of hydrogen-bond acceptors (Lipinski definition) is 1. The quantitative estimate of drug-likeness (QED) is 0.476. The molecule has 0 N–H and O–H groups in total. The first kappa shape index (κ1) is 18.9. The summed E-state index contributed by atoms with van der Waals surface area (Å²) in [5, 5.41) is 0. The summed E-state index contributed by atoms with van der Waals surface area (Å²) in [4.78, 5) is 0. The van der Waals surface area contributed by atoms with Gasteiger partial charge in [-0.25, -0.2) is 0 Å². The third-order valence-electron chi connectivity index (χ3n) is 5.86. The highest BCUT2D eigenvalue weighted by Crippen LogP contribution is 2.33. The van der Waals surface area contributed by atoms with Gasteiger partial charge in [-0.05, 0) is 66.2 Å². The molecule has 0 unspecified atom stereocenters. The van der Waals surface area contributed by atoms with Gasteiger partial charge in [0.25, 0.3) is 0 Å². The van der Waals surface area contributed by atoms with Crippen molar-refractivity contribution in [2.24, 2.45) is 11.8 Å². The Balaban J connectivity index is 1.49. The molecular formula is C25H32O. The molecule has 1 aliphatic rings. The Morgan fingerprint density at radius 3 is 1.92 bits per heavy atom. The Labute approximate surface area is 159 Å². The molecule has 0 bridgehead atoms. The molecule has 0 aliphatic heterocycles. The van der Waals surface area contributed by atoms with E-state index in [9.17, 15) is 0 Å². The molecule has 26 heavy (non-hydrogen) atoms. The van der Waals surface area contributed by atoms with Crippen LogP contribution >= 0.6 is 0 Å². The molecule has 0 heterocycles. The maximum absolute atomic E-state index is 5.18. The van der Waals surface area contributed by atoms with Crippen molar-refractivity contribution in [3.8, 4) is 11.1 Å². The lowest BCUT2D eigenvalue weighted by atomic mass is 9.78. The van der Waals surface area contributed by atoms with Crippen molar-refractivity contribution < 1.29 is 4.74 Å². The van der Waals surface area contributed by atoms with E-state index in [2.05, 4.69) is 61.2 Å². The van der Waals surface area contributed by atoms with E-state index >= 15 is 0 Å². The fourth-order valence-corrected chi connectivity index (χ4v) is 4.19. The number of benzene rings is 2. The fraction of sp³-hybridized carbons (Fsp3) is 0.440. The van der Waals surface area contributed by atoms with Gasteiger partial charge in [0.1, 0.15) is 0 Å². The van der Waals surface area contributed by atoms with E-state index in [4.69, 9.17) is 4.74 Å². The average Bonchev–Trinajstić information content (AvgIpc) is 2.69. The van der Waals surface area contributed by atoms with Crippen LogP contribution in [0.1, 0.15) is 49.7 Å². The molecule has 0 aromatic heterocycles. The van der Waals surface area contributed by atoms with Crippen molar-refractivity contribution in [2.75, 3.05) is 7.11 Å². The summed E-state index contributed by atoms with van der Waals surface area (Å²) >= 11 is 0. The molecule has 1 nitrogen and oxygen atoms in total. The molecule has 138 valence electrons. The van der Waals surface area contributed by atoms with Crippen LogP contribution in [0.15, 0.2) is 61.2 Å². The van der Waals surface area contributed by atoms with Crippen LogP contribution in [0.25, 0.3) is 11.1 Å². The number of rotatable bonds is 8. The summed E-state index contributed by atoms with van der Waals surface area (Å²) in [6.07, 6.45) is 11.5. The highest BCUT2D eigenvalue weighted by atomic mass is 16.5. The molecular weight excluding hydrogens is 316 g/mol. The zero-order chi connectivity index (χ0) is 18.2. The number of aryl methyl sites for hydroxylation is 1. The van der Waals surface area contributed by atoms with Gasteiger partial charge in [0.15, 0.2) is 0 Å². The first-order valence-electron chi connectivity index (χ1n) is 10.1. The second kappa shape index (κ2) is 9.73. The molecule has 1 fully saturated rings. The van der Waals surface area contributed by atoms with E-state index < -0.39 is 0 Å². The minimum atomic E-state index is 0.675. The van der Waals surface area contributed by atoms with Crippen molar-refractivity contribution in [1.29, 1.82) is 0 Å². The van der Waals surface area contributed by atoms with Crippen LogP contribution in [-0.2, 0) is 17.8 Å². The van der Waals surface area contributed by atoms with Crippen molar-refractivity contribution >= 4 is 0 Å². The molecule has 0 radical (unpaired) electrons. The Hall–Kier alpha value is -1.86. The Morgan fingerprint density at radius 2 is 1.38 bits per heavy atom. The Bertz CT molecular complexity index is 660. The van der Waals surface area contributed by atoms with E-state index in [0.717, 1.165) is 11.8 Å². The lowest BCUT2D eigenvalue weighted by Crippen LogP contribution is -2.14. The smallest absolute Gasteiger partial charge is 0.0713 e. The summed E-state index contributed by atoms with van der Waals surface area (Å²) in [6.45, 7) is 4.56. The van der Waals surface area contributed by atoms with Crippen LogP contribution in [-0.4, -0.2) is 7.11 Å². The minimum Gasteiger partial charge on any atom is -0.380 e. The summed E-state index contributed by atoms with van der Waals surface area (Å²) in [6, 6.07) is 17.8. The molecule has 1 saturated carbocycles. The van der Waals surface area contributed by atoms with Gasteiger partial charge in [-0.3, -0.25) is 0 Å². The molecule has 3 rings (SSSR count). The lowest BCUT2D eigenvalue weighted by molar-refractivity contribution is 0.185. The second-order valence-corrected chi connectivity index (χ2v) is 7.78. The van der Waals surface area contributed by atoms with Crippen molar-refractivity contribution in [3.05, 3.63) is 72.3 Å². The average molecular weight is 349 g/mol. The Morgan fingerprint density at radius 1 is 0.846 bits per heavy atom. The van der Waals surface area contributed by atoms with Gasteiger partial charge in [0.05, 0.1) is 6.61 Å². The fourth-order valence-electron chi connectivity index (χ4n) is 4.19. The van der Waals surface area contributed by atoms with Crippen LogP contribution in [0.3, 0.4) is 0 Å². The highest BCUT2D eigenvalue weighted by Gasteiger charge is 2.19. The van der Waals surface area contributed by atoms with Gasteiger partial charge in [-0.2, -0.15) is 0 Å². The second-order valence-electron chi connectivity index (χ2n) is 7.78. The monoisotopic (exact) mass is 348 g/mol. The summed E-state index contributed by atoms with van der Waals surface area (Å²) in [7, 11) is 1.74. The van der Waals surface area contributed by atoms with Gasteiger partial charge >= 0.3 is 0 Å².